The van der Waals surface area contributed by atoms with Crippen LogP contribution in [-0.4, -0.2) is 43.7 Å². The number of amides is 2. The van der Waals surface area contributed by atoms with E-state index in [1.165, 1.54) is 0 Å². The summed E-state index contributed by atoms with van der Waals surface area (Å²) in [5.74, 6) is 0. The minimum atomic E-state index is -0.0376. The standard InChI is InChI=1S/C15H18N4O/c1-2-7-17-15(20)19-10-8-18(9-11-19)14-5-3-13(12-16)4-6-14/h2-6H,1,7-11H2,(H,17,20). The molecule has 2 amide bonds. The Labute approximate surface area is 119 Å². The molecule has 0 unspecified atom stereocenters. The van der Waals surface area contributed by atoms with Crippen LogP contribution in [0.15, 0.2) is 36.9 Å². The third kappa shape index (κ3) is 3.29. The van der Waals surface area contributed by atoms with Crippen molar-refractivity contribution in [3.63, 3.8) is 0 Å². The molecular weight excluding hydrogens is 252 g/mol. The quantitative estimate of drug-likeness (QED) is 0.848. The first-order chi connectivity index (χ1) is 9.74. The molecule has 5 heteroatoms. The number of rotatable bonds is 3. The van der Waals surface area contributed by atoms with E-state index in [-0.39, 0.29) is 6.03 Å². The summed E-state index contributed by atoms with van der Waals surface area (Å²) >= 11 is 0. The molecule has 0 saturated carbocycles. The van der Waals surface area contributed by atoms with Crippen LogP contribution < -0.4 is 10.2 Å². The lowest BCUT2D eigenvalue weighted by molar-refractivity contribution is 0.195. The van der Waals surface area contributed by atoms with Crippen LogP contribution in [-0.2, 0) is 0 Å². The molecular formula is C15H18N4O. The number of nitriles is 1. The molecule has 1 saturated heterocycles. The van der Waals surface area contributed by atoms with Crippen LogP contribution in [0.1, 0.15) is 5.56 Å². The number of piperazine rings is 1. The third-order valence-electron chi connectivity index (χ3n) is 3.33. The predicted octanol–water partition coefficient (Wildman–Crippen LogP) is 1.58. The molecule has 2 rings (SSSR count). The van der Waals surface area contributed by atoms with Gasteiger partial charge in [-0.25, -0.2) is 4.79 Å². The summed E-state index contributed by atoms with van der Waals surface area (Å²) in [5.41, 5.74) is 1.76. The van der Waals surface area contributed by atoms with Crippen molar-refractivity contribution in [1.29, 1.82) is 5.26 Å². The Balaban J connectivity index is 1.88. The minimum Gasteiger partial charge on any atom is -0.368 e. The molecule has 0 aliphatic carbocycles. The Kier molecular flexibility index (Phi) is 4.61. The molecule has 0 atom stereocenters. The molecule has 0 bridgehead atoms. The molecule has 1 aromatic rings. The van der Waals surface area contributed by atoms with Crippen LogP contribution >= 0.6 is 0 Å². The molecule has 1 heterocycles. The van der Waals surface area contributed by atoms with Crippen molar-refractivity contribution in [2.75, 3.05) is 37.6 Å². The van der Waals surface area contributed by atoms with Crippen molar-refractivity contribution in [3.05, 3.63) is 42.5 Å². The van der Waals surface area contributed by atoms with Gasteiger partial charge in [0.2, 0.25) is 0 Å². The zero-order valence-corrected chi connectivity index (χ0v) is 11.4. The summed E-state index contributed by atoms with van der Waals surface area (Å²) in [7, 11) is 0. The van der Waals surface area contributed by atoms with E-state index in [1.54, 1.807) is 6.08 Å². The molecule has 0 spiro atoms. The fourth-order valence-corrected chi connectivity index (χ4v) is 2.19. The summed E-state index contributed by atoms with van der Waals surface area (Å²) in [6.45, 7) is 7.07. The lowest BCUT2D eigenvalue weighted by Crippen LogP contribution is -2.51. The smallest absolute Gasteiger partial charge is 0.317 e. The molecule has 104 valence electrons. The first-order valence-corrected chi connectivity index (χ1v) is 6.63. The fraction of sp³-hybridized carbons (Fsp3) is 0.333. The second-order valence-corrected chi connectivity index (χ2v) is 4.61. The maximum absolute atomic E-state index is 11.8. The van der Waals surface area contributed by atoms with E-state index in [1.807, 2.05) is 29.2 Å². The van der Waals surface area contributed by atoms with Crippen LogP contribution in [0.4, 0.5) is 10.5 Å². The Morgan fingerprint density at radius 1 is 1.30 bits per heavy atom. The van der Waals surface area contributed by atoms with Crippen molar-refractivity contribution in [1.82, 2.24) is 10.2 Å². The minimum absolute atomic E-state index is 0.0376. The monoisotopic (exact) mass is 270 g/mol. The van der Waals surface area contributed by atoms with Gasteiger partial charge in [-0.15, -0.1) is 6.58 Å². The van der Waals surface area contributed by atoms with Crippen LogP contribution in [0.2, 0.25) is 0 Å². The van der Waals surface area contributed by atoms with Crippen LogP contribution in [0, 0.1) is 11.3 Å². The first kappa shape index (κ1) is 13.9. The summed E-state index contributed by atoms with van der Waals surface area (Å²) in [6.07, 6.45) is 1.67. The molecule has 1 aliphatic heterocycles. The normalized spacial score (nSPS) is 14.6. The molecule has 1 aromatic carbocycles. The van der Waals surface area contributed by atoms with Gasteiger partial charge >= 0.3 is 6.03 Å². The third-order valence-corrected chi connectivity index (χ3v) is 3.33. The van der Waals surface area contributed by atoms with Crippen LogP contribution in [0.3, 0.4) is 0 Å². The number of nitrogens with one attached hydrogen (secondary N) is 1. The maximum Gasteiger partial charge on any atom is 0.317 e. The zero-order chi connectivity index (χ0) is 14.4. The van der Waals surface area contributed by atoms with E-state index in [4.69, 9.17) is 5.26 Å². The Bertz CT molecular complexity index is 510. The van der Waals surface area contributed by atoms with Gasteiger partial charge in [0.1, 0.15) is 0 Å². The zero-order valence-electron chi connectivity index (χ0n) is 11.4. The summed E-state index contributed by atoms with van der Waals surface area (Å²) in [5, 5.41) is 11.6. The summed E-state index contributed by atoms with van der Waals surface area (Å²) < 4.78 is 0. The van der Waals surface area contributed by atoms with Gasteiger partial charge in [-0.2, -0.15) is 5.26 Å². The molecule has 0 aromatic heterocycles. The molecule has 20 heavy (non-hydrogen) atoms. The van der Waals surface area contributed by atoms with Crippen molar-refractivity contribution in [3.8, 4) is 6.07 Å². The van der Waals surface area contributed by atoms with Gasteiger partial charge in [0.25, 0.3) is 0 Å². The summed E-state index contributed by atoms with van der Waals surface area (Å²) in [4.78, 5) is 15.8. The number of hydrogen-bond acceptors (Lipinski definition) is 3. The highest BCUT2D eigenvalue weighted by molar-refractivity contribution is 5.74. The van der Waals surface area contributed by atoms with Gasteiger partial charge in [-0.1, -0.05) is 6.08 Å². The molecule has 5 nitrogen and oxygen atoms in total. The molecule has 1 aliphatic rings. The van der Waals surface area contributed by atoms with E-state index in [0.29, 0.717) is 25.2 Å². The highest BCUT2D eigenvalue weighted by Crippen LogP contribution is 2.17. The van der Waals surface area contributed by atoms with Gasteiger partial charge in [-0.05, 0) is 24.3 Å². The van der Waals surface area contributed by atoms with Crippen molar-refractivity contribution in [2.24, 2.45) is 0 Å². The number of carbonyl (C=O) groups is 1. The average Bonchev–Trinajstić information content (AvgIpc) is 2.53. The lowest BCUT2D eigenvalue weighted by Gasteiger charge is -2.36. The number of nitrogens with zero attached hydrogens (tertiary/aromatic N) is 3. The van der Waals surface area contributed by atoms with E-state index in [9.17, 15) is 4.79 Å². The van der Waals surface area contributed by atoms with Crippen molar-refractivity contribution < 1.29 is 4.79 Å². The topological polar surface area (TPSA) is 59.4 Å². The second kappa shape index (κ2) is 6.62. The highest BCUT2D eigenvalue weighted by atomic mass is 16.2. The maximum atomic E-state index is 11.8. The van der Waals surface area contributed by atoms with Crippen molar-refractivity contribution >= 4 is 11.7 Å². The largest absolute Gasteiger partial charge is 0.368 e. The number of hydrogen-bond donors (Lipinski definition) is 1. The van der Waals surface area contributed by atoms with Crippen molar-refractivity contribution in [2.45, 2.75) is 0 Å². The van der Waals surface area contributed by atoms with E-state index < -0.39 is 0 Å². The number of urea groups is 1. The van der Waals surface area contributed by atoms with Gasteiger partial charge in [0, 0.05) is 38.4 Å². The van der Waals surface area contributed by atoms with Crippen LogP contribution in [0.25, 0.3) is 0 Å². The Morgan fingerprint density at radius 2 is 1.95 bits per heavy atom. The first-order valence-electron chi connectivity index (χ1n) is 6.63. The van der Waals surface area contributed by atoms with E-state index >= 15 is 0 Å². The van der Waals surface area contributed by atoms with E-state index in [0.717, 1.165) is 18.8 Å². The van der Waals surface area contributed by atoms with Crippen LogP contribution in [0.5, 0.6) is 0 Å². The Morgan fingerprint density at radius 3 is 2.50 bits per heavy atom. The average molecular weight is 270 g/mol. The molecule has 0 radical (unpaired) electrons. The molecule has 1 fully saturated rings. The predicted molar refractivity (Wildman–Crippen MR) is 78.5 cm³/mol. The molecule has 1 N–H and O–H groups in total. The SMILES string of the molecule is C=CCNC(=O)N1CCN(c2ccc(C#N)cc2)CC1. The number of carbonyl (C=O) groups excluding carboxylic acids is 1. The second-order valence-electron chi connectivity index (χ2n) is 4.61. The lowest BCUT2D eigenvalue weighted by atomic mass is 10.2. The van der Waals surface area contributed by atoms with Gasteiger partial charge in [-0.3, -0.25) is 0 Å². The Hall–Kier alpha value is -2.48. The van der Waals surface area contributed by atoms with E-state index in [2.05, 4.69) is 22.9 Å². The number of anilines is 1. The van der Waals surface area contributed by atoms with Gasteiger partial charge in [0.05, 0.1) is 11.6 Å². The summed E-state index contributed by atoms with van der Waals surface area (Å²) in [6, 6.07) is 9.61. The van der Waals surface area contributed by atoms with Gasteiger partial charge in [0.15, 0.2) is 0 Å². The fourth-order valence-electron chi connectivity index (χ4n) is 2.19. The number of benzene rings is 1. The highest BCUT2D eigenvalue weighted by Gasteiger charge is 2.20. The van der Waals surface area contributed by atoms with Gasteiger partial charge < -0.3 is 15.1 Å².